The van der Waals surface area contributed by atoms with Gasteiger partial charge in [-0.05, 0) is 45.4 Å². The van der Waals surface area contributed by atoms with E-state index < -0.39 is 17.5 Å². The lowest BCUT2D eigenvalue weighted by molar-refractivity contribution is -0.141. The fourth-order valence-corrected chi connectivity index (χ4v) is 3.23. The Morgan fingerprint density at radius 1 is 1.23 bits per heavy atom. The molecule has 2 fully saturated rings. The minimum absolute atomic E-state index is 0.0855. The van der Waals surface area contributed by atoms with Crippen LogP contribution in [0.4, 0.5) is 23.8 Å². The zero-order chi connectivity index (χ0) is 19.1. The molecule has 1 aliphatic carbocycles. The van der Waals surface area contributed by atoms with Gasteiger partial charge in [0.05, 0.1) is 18.4 Å². The molecule has 9 heteroatoms. The molecular formula is C17H23F3N4O2. The summed E-state index contributed by atoms with van der Waals surface area (Å²) in [5.41, 5.74) is -1.61. The predicted molar refractivity (Wildman–Crippen MR) is 88.5 cm³/mol. The van der Waals surface area contributed by atoms with E-state index in [0.29, 0.717) is 31.1 Å². The first-order valence-corrected chi connectivity index (χ1v) is 8.65. The van der Waals surface area contributed by atoms with E-state index in [2.05, 4.69) is 15.3 Å². The van der Waals surface area contributed by atoms with Crippen molar-refractivity contribution in [1.29, 1.82) is 0 Å². The highest BCUT2D eigenvalue weighted by Crippen LogP contribution is 2.47. The number of likely N-dealkylation sites (tertiary alicyclic amines) is 1. The number of alkyl halides is 3. The number of halogens is 3. The summed E-state index contributed by atoms with van der Waals surface area (Å²) >= 11 is 0. The van der Waals surface area contributed by atoms with Crippen LogP contribution in [-0.4, -0.2) is 45.7 Å². The van der Waals surface area contributed by atoms with Crippen LogP contribution in [0.1, 0.15) is 39.3 Å². The number of fused-ring (bicyclic) bond motifs is 1. The van der Waals surface area contributed by atoms with Gasteiger partial charge in [0.25, 0.3) is 0 Å². The highest BCUT2D eigenvalue weighted by Gasteiger charge is 2.47. The molecule has 1 aliphatic heterocycles. The number of anilines is 1. The molecule has 1 saturated heterocycles. The molecule has 1 saturated carbocycles. The summed E-state index contributed by atoms with van der Waals surface area (Å²) in [6, 6.07) is -0.0855. The Bertz CT molecular complexity index is 657. The first-order valence-electron chi connectivity index (χ1n) is 8.65. The molecule has 3 unspecified atom stereocenters. The normalized spacial score (nSPS) is 25.5. The number of rotatable bonds is 3. The second kappa shape index (κ2) is 6.59. The van der Waals surface area contributed by atoms with Crippen molar-refractivity contribution in [3.8, 4) is 0 Å². The lowest BCUT2D eigenvalue weighted by Gasteiger charge is -2.36. The maximum Gasteiger partial charge on any atom is 0.434 e. The summed E-state index contributed by atoms with van der Waals surface area (Å²) in [6.45, 7) is 6.51. The van der Waals surface area contributed by atoms with Crippen LogP contribution in [0.5, 0.6) is 0 Å². The molecule has 1 N–H and O–H groups in total. The predicted octanol–water partition coefficient (Wildman–Crippen LogP) is 3.55. The van der Waals surface area contributed by atoms with E-state index in [4.69, 9.17) is 4.74 Å². The molecule has 0 aromatic carbocycles. The van der Waals surface area contributed by atoms with Crippen LogP contribution in [0.25, 0.3) is 0 Å². The largest absolute Gasteiger partial charge is 0.444 e. The van der Waals surface area contributed by atoms with Crippen molar-refractivity contribution >= 4 is 11.9 Å². The Kier molecular flexibility index (Phi) is 4.74. The third-order valence-electron chi connectivity index (χ3n) is 4.60. The number of aromatic nitrogens is 2. The average molecular weight is 372 g/mol. The maximum atomic E-state index is 12.5. The number of carbonyl (C=O) groups is 1. The number of hydrogen-bond donors (Lipinski definition) is 1. The fourth-order valence-electron chi connectivity index (χ4n) is 3.23. The van der Waals surface area contributed by atoms with E-state index in [1.54, 1.807) is 4.90 Å². The van der Waals surface area contributed by atoms with Crippen molar-refractivity contribution < 1.29 is 22.7 Å². The molecule has 26 heavy (non-hydrogen) atoms. The second-order valence-corrected chi connectivity index (χ2v) is 7.94. The summed E-state index contributed by atoms with van der Waals surface area (Å²) in [5, 5.41) is 2.99. The number of amides is 1. The standard InChI is InChI=1S/C17H23F3N4O2/c1-16(2,3)26-15(25)24-9-11-4-10(11)5-12(24)6-22-14-8-21-13(7-23-14)17(18,19)20/h7-8,10-12H,4-6,9H2,1-3H3,(H,22,23). The molecule has 144 valence electrons. The first-order chi connectivity index (χ1) is 12.0. The maximum absolute atomic E-state index is 12.5. The molecule has 1 aromatic rings. The lowest BCUT2D eigenvalue weighted by atomic mass is 10.0. The van der Waals surface area contributed by atoms with Crippen molar-refractivity contribution in [2.45, 2.75) is 51.4 Å². The molecule has 2 heterocycles. The van der Waals surface area contributed by atoms with Crippen molar-refractivity contribution in [2.75, 3.05) is 18.4 Å². The summed E-state index contributed by atoms with van der Waals surface area (Å²) in [6.07, 6.45) is -1.15. The van der Waals surface area contributed by atoms with Gasteiger partial charge in [-0.25, -0.2) is 14.8 Å². The SMILES string of the molecule is CC(C)(C)OC(=O)N1CC2CC2CC1CNc1cnc(C(F)(F)F)cn1. The summed E-state index contributed by atoms with van der Waals surface area (Å²) in [5.74, 6) is 1.39. The Morgan fingerprint density at radius 3 is 2.54 bits per heavy atom. The number of nitrogens with one attached hydrogen (secondary N) is 1. The fraction of sp³-hybridized carbons (Fsp3) is 0.706. The average Bonchev–Trinajstić information content (AvgIpc) is 3.28. The minimum atomic E-state index is -4.51. The van der Waals surface area contributed by atoms with E-state index in [1.165, 1.54) is 0 Å². The molecular weight excluding hydrogens is 349 g/mol. The smallest absolute Gasteiger partial charge is 0.434 e. The van der Waals surface area contributed by atoms with Gasteiger partial charge in [-0.2, -0.15) is 13.2 Å². The van der Waals surface area contributed by atoms with Gasteiger partial charge in [-0.1, -0.05) is 0 Å². The zero-order valence-electron chi connectivity index (χ0n) is 15.0. The van der Waals surface area contributed by atoms with Crippen LogP contribution >= 0.6 is 0 Å². The van der Waals surface area contributed by atoms with Gasteiger partial charge >= 0.3 is 12.3 Å². The Morgan fingerprint density at radius 2 is 1.96 bits per heavy atom. The summed E-state index contributed by atoms with van der Waals surface area (Å²) in [4.78, 5) is 21.3. The molecule has 2 aliphatic rings. The molecule has 0 bridgehead atoms. The number of piperidine rings is 1. The van der Waals surface area contributed by atoms with Crippen LogP contribution in [0, 0.1) is 11.8 Å². The van der Waals surface area contributed by atoms with Crippen LogP contribution in [0.15, 0.2) is 12.4 Å². The number of hydrogen-bond acceptors (Lipinski definition) is 5. The zero-order valence-corrected chi connectivity index (χ0v) is 15.0. The van der Waals surface area contributed by atoms with E-state index in [0.717, 1.165) is 19.0 Å². The van der Waals surface area contributed by atoms with Gasteiger partial charge in [-0.3, -0.25) is 0 Å². The molecule has 3 atom stereocenters. The Hall–Kier alpha value is -2.06. The number of nitrogens with zero attached hydrogens (tertiary/aromatic N) is 3. The molecule has 3 rings (SSSR count). The van der Waals surface area contributed by atoms with Crippen LogP contribution in [-0.2, 0) is 10.9 Å². The highest BCUT2D eigenvalue weighted by atomic mass is 19.4. The molecule has 6 nitrogen and oxygen atoms in total. The second-order valence-electron chi connectivity index (χ2n) is 7.94. The van der Waals surface area contributed by atoms with Gasteiger partial charge in [0.15, 0.2) is 5.69 Å². The van der Waals surface area contributed by atoms with Gasteiger partial charge in [0, 0.05) is 13.1 Å². The molecule has 0 spiro atoms. The minimum Gasteiger partial charge on any atom is -0.444 e. The summed E-state index contributed by atoms with van der Waals surface area (Å²) < 4.78 is 43.1. The van der Waals surface area contributed by atoms with E-state index in [9.17, 15) is 18.0 Å². The third-order valence-corrected chi connectivity index (χ3v) is 4.60. The number of ether oxygens (including phenoxy) is 1. The van der Waals surface area contributed by atoms with Gasteiger partial charge in [0.2, 0.25) is 0 Å². The quantitative estimate of drug-likeness (QED) is 0.879. The van der Waals surface area contributed by atoms with E-state index in [-0.39, 0.29) is 18.0 Å². The van der Waals surface area contributed by atoms with Crippen molar-refractivity contribution in [1.82, 2.24) is 14.9 Å². The van der Waals surface area contributed by atoms with Crippen molar-refractivity contribution in [2.24, 2.45) is 11.8 Å². The first kappa shape index (κ1) is 18.7. The van der Waals surface area contributed by atoms with Gasteiger partial charge in [-0.15, -0.1) is 0 Å². The molecule has 1 amide bonds. The van der Waals surface area contributed by atoms with Crippen molar-refractivity contribution in [3.63, 3.8) is 0 Å². The van der Waals surface area contributed by atoms with Crippen LogP contribution < -0.4 is 5.32 Å². The van der Waals surface area contributed by atoms with Crippen molar-refractivity contribution in [3.05, 3.63) is 18.1 Å². The topological polar surface area (TPSA) is 67.3 Å². The van der Waals surface area contributed by atoms with E-state index >= 15 is 0 Å². The molecule has 1 aromatic heterocycles. The van der Waals surface area contributed by atoms with Gasteiger partial charge in [0.1, 0.15) is 11.4 Å². The van der Waals surface area contributed by atoms with Gasteiger partial charge < -0.3 is 15.0 Å². The lowest BCUT2D eigenvalue weighted by Crippen LogP contribution is -2.49. The Labute approximate surface area is 150 Å². The van der Waals surface area contributed by atoms with E-state index in [1.807, 2.05) is 20.8 Å². The number of carbonyl (C=O) groups excluding carboxylic acids is 1. The Balaban J connectivity index is 1.62. The molecule has 0 radical (unpaired) electrons. The monoisotopic (exact) mass is 372 g/mol. The van der Waals surface area contributed by atoms with Crippen LogP contribution in [0.2, 0.25) is 0 Å². The van der Waals surface area contributed by atoms with Crippen LogP contribution in [0.3, 0.4) is 0 Å². The summed E-state index contributed by atoms with van der Waals surface area (Å²) in [7, 11) is 0. The highest BCUT2D eigenvalue weighted by molar-refractivity contribution is 5.69. The third kappa shape index (κ3) is 4.56.